The molecule has 4 N–H and O–H groups in total. The molecule has 114 valence electrons. The fourth-order valence-corrected chi connectivity index (χ4v) is 2.54. The van der Waals surface area contributed by atoms with Crippen molar-refractivity contribution >= 4 is 17.7 Å². The third-order valence-corrected chi connectivity index (χ3v) is 3.84. The number of nitrogens with one attached hydrogen (secondary N) is 1. The summed E-state index contributed by atoms with van der Waals surface area (Å²) in [6.45, 7) is 2.34. The number of aromatic hydroxyl groups is 1. The highest BCUT2D eigenvalue weighted by Gasteiger charge is 2.34. The van der Waals surface area contributed by atoms with Gasteiger partial charge in [0.2, 0.25) is 0 Å². The summed E-state index contributed by atoms with van der Waals surface area (Å²) >= 11 is 0. The topological polar surface area (TPSA) is 110 Å². The van der Waals surface area contributed by atoms with Crippen molar-refractivity contribution < 1.29 is 24.9 Å². The van der Waals surface area contributed by atoms with E-state index in [0.29, 0.717) is 6.54 Å². The number of carboxylic acids is 1. The molecule has 1 aromatic rings. The van der Waals surface area contributed by atoms with Gasteiger partial charge >= 0.3 is 12.0 Å². The molecule has 0 spiro atoms. The Morgan fingerprint density at radius 2 is 2.14 bits per heavy atom. The lowest BCUT2D eigenvalue weighted by atomic mass is 10.0. The van der Waals surface area contributed by atoms with Gasteiger partial charge in [0.25, 0.3) is 0 Å². The molecular formula is C14H18N2O5. The van der Waals surface area contributed by atoms with Crippen LogP contribution in [-0.4, -0.2) is 51.4 Å². The number of benzene rings is 1. The van der Waals surface area contributed by atoms with Crippen molar-refractivity contribution in [3.63, 3.8) is 0 Å². The maximum atomic E-state index is 12.2. The lowest BCUT2D eigenvalue weighted by molar-refractivity contribution is 0.0693. The summed E-state index contributed by atoms with van der Waals surface area (Å²) in [5.74, 6) is -1.56. The number of phenols is 1. The van der Waals surface area contributed by atoms with E-state index in [1.54, 1.807) is 0 Å². The summed E-state index contributed by atoms with van der Waals surface area (Å²) in [5, 5.41) is 30.6. The Labute approximate surface area is 121 Å². The predicted molar refractivity (Wildman–Crippen MR) is 75.4 cm³/mol. The van der Waals surface area contributed by atoms with Crippen LogP contribution in [0.4, 0.5) is 10.5 Å². The molecule has 0 saturated carbocycles. The molecule has 21 heavy (non-hydrogen) atoms. The standard InChI is InChI=1S/C14H18N2O5/c1-8-5-6-16(11(8)7-17)14(21)15-10-4-2-3-9(12(10)18)13(19)20/h2-4,8,11,17-18H,5-7H2,1H3,(H,15,21)(H,19,20). The number of anilines is 1. The van der Waals surface area contributed by atoms with Crippen LogP contribution >= 0.6 is 0 Å². The zero-order chi connectivity index (χ0) is 15.6. The fraction of sp³-hybridized carbons (Fsp3) is 0.429. The molecule has 0 aliphatic carbocycles. The fourth-order valence-electron chi connectivity index (χ4n) is 2.54. The predicted octanol–water partition coefficient (Wildman–Crippen LogP) is 1.32. The smallest absolute Gasteiger partial charge is 0.339 e. The van der Waals surface area contributed by atoms with Gasteiger partial charge in [-0.15, -0.1) is 0 Å². The molecule has 2 amide bonds. The molecule has 1 fully saturated rings. The molecule has 2 unspecified atom stereocenters. The molecule has 2 atom stereocenters. The van der Waals surface area contributed by atoms with Gasteiger partial charge in [0, 0.05) is 6.54 Å². The van der Waals surface area contributed by atoms with E-state index in [4.69, 9.17) is 5.11 Å². The first-order chi connectivity index (χ1) is 9.95. The van der Waals surface area contributed by atoms with Gasteiger partial charge in [-0.25, -0.2) is 9.59 Å². The normalized spacial score (nSPS) is 21.3. The minimum Gasteiger partial charge on any atom is -0.505 e. The summed E-state index contributed by atoms with van der Waals surface area (Å²) in [4.78, 5) is 24.6. The number of carbonyl (C=O) groups is 2. The first kappa shape index (κ1) is 15.1. The number of nitrogens with zero attached hydrogens (tertiary/aromatic N) is 1. The quantitative estimate of drug-likeness (QED) is 0.629. The largest absolute Gasteiger partial charge is 0.505 e. The summed E-state index contributed by atoms with van der Waals surface area (Å²) in [6, 6.07) is 3.38. The molecule has 0 aromatic heterocycles. The molecule has 7 heteroatoms. The Balaban J connectivity index is 2.17. The number of likely N-dealkylation sites (tertiary alicyclic amines) is 1. The molecule has 1 aliphatic rings. The molecule has 0 radical (unpaired) electrons. The molecule has 1 aromatic carbocycles. The average molecular weight is 294 g/mol. The number of amides is 2. The van der Waals surface area contributed by atoms with Gasteiger partial charge < -0.3 is 25.5 Å². The van der Waals surface area contributed by atoms with Crippen LogP contribution in [0.3, 0.4) is 0 Å². The minimum absolute atomic E-state index is 0.0381. The Kier molecular flexibility index (Phi) is 4.32. The van der Waals surface area contributed by atoms with E-state index >= 15 is 0 Å². The van der Waals surface area contributed by atoms with E-state index in [2.05, 4.69) is 5.32 Å². The van der Waals surface area contributed by atoms with Gasteiger partial charge in [0.15, 0.2) is 5.75 Å². The first-order valence-electron chi connectivity index (χ1n) is 6.69. The van der Waals surface area contributed by atoms with Gasteiger partial charge in [-0.3, -0.25) is 0 Å². The lowest BCUT2D eigenvalue weighted by Crippen LogP contribution is -2.42. The third kappa shape index (κ3) is 2.92. The highest BCUT2D eigenvalue weighted by atomic mass is 16.4. The Bertz CT molecular complexity index is 560. The second kappa shape index (κ2) is 6.01. The van der Waals surface area contributed by atoms with Crippen molar-refractivity contribution in [1.29, 1.82) is 0 Å². The van der Waals surface area contributed by atoms with Crippen LogP contribution in [0.15, 0.2) is 18.2 Å². The zero-order valence-electron chi connectivity index (χ0n) is 11.6. The van der Waals surface area contributed by atoms with Gasteiger partial charge in [-0.1, -0.05) is 13.0 Å². The third-order valence-electron chi connectivity index (χ3n) is 3.84. The average Bonchev–Trinajstić information content (AvgIpc) is 2.81. The second-order valence-electron chi connectivity index (χ2n) is 5.15. The lowest BCUT2D eigenvalue weighted by Gasteiger charge is -2.25. The van der Waals surface area contributed by atoms with Crippen molar-refractivity contribution in [3.8, 4) is 5.75 Å². The molecule has 1 saturated heterocycles. The molecular weight excluding hydrogens is 276 g/mol. The second-order valence-corrected chi connectivity index (χ2v) is 5.15. The van der Waals surface area contributed by atoms with E-state index in [1.165, 1.54) is 23.1 Å². The molecule has 0 bridgehead atoms. The van der Waals surface area contributed by atoms with Crippen LogP contribution in [0, 0.1) is 5.92 Å². The number of aromatic carboxylic acids is 1. The summed E-state index contributed by atoms with van der Waals surface area (Å²) < 4.78 is 0. The summed E-state index contributed by atoms with van der Waals surface area (Å²) in [7, 11) is 0. The number of rotatable bonds is 3. The SMILES string of the molecule is CC1CCN(C(=O)Nc2cccc(C(=O)O)c2O)C1CO. The molecule has 1 aliphatic heterocycles. The van der Waals surface area contributed by atoms with Gasteiger partial charge in [-0.2, -0.15) is 0 Å². The molecule has 7 nitrogen and oxygen atoms in total. The van der Waals surface area contributed by atoms with Crippen LogP contribution in [0.25, 0.3) is 0 Å². The number of aliphatic hydroxyl groups excluding tert-OH is 1. The number of carboxylic acid groups (broad SMARTS) is 1. The Hall–Kier alpha value is -2.28. The molecule has 1 heterocycles. The van der Waals surface area contributed by atoms with Crippen molar-refractivity contribution in [1.82, 2.24) is 4.90 Å². The number of aliphatic hydroxyl groups is 1. The number of para-hydroxylation sites is 1. The van der Waals surface area contributed by atoms with Crippen LogP contribution in [0.2, 0.25) is 0 Å². The first-order valence-corrected chi connectivity index (χ1v) is 6.69. The van der Waals surface area contributed by atoms with Crippen molar-refractivity contribution in [2.75, 3.05) is 18.5 Å². The van der Waals surface area contributed by atoms with Crippen molar-refractivity contribution in [2.45, 2.75) is 19.4 Å². The van der Waals surface area contributed by atoms with Gasteiger partial charge in [0.1, 0.15) is 5.56 Å². The van der Waals surface area contributed by atoms with Crippen molar-refractivity contribution in [3.05, 3.63) is 23.8 Å². The zero-order valence-corrected chi connectivity index (χ0v) is 11.6. The van der Waals surface area contributed by atoms with Crippen LogP contribution in [0.1, 0.15) is 23.7 Å². The minimum atomic E-state index is -1.27. The summed E-state index contributed by atoms with van der Waals surface area (Å²) in [6.07, 6.45) is 0.791. The van der Waals surface area contributed by atoms with Crippen LogP contribution in [0.5, 0.6) is 5.75 Å². The number of urea groups is 1. The van der Waals surface area contributed by atoms with Gasteiger partial charge in [-0.05, 0) is 24.5 Å². The maximum absolute atomic E-state index is 12.2. The van der Waals surface area contributed by atoms with Gasteiger partial charge in [0.05, 0.1) is 18.3 Å². The van der Waals surface area contributed by atoms with E-state index in [-0.39, 0.29) is 29.8 Å². The van der Waals surface area contributed by atoms with E-state index in [1.807, 2.05) is 6.92 Å². The van der Waals surface area contributed by atoms with Crippen LogP contribution in [-0.2, 0) is 0 Å². The molecule has 2 rings (SSSR count). The van der Waals surface area contributed by atoms with E-state index in [0.717, 1.165) is 6.42 Å². The number of hydrogen-bond donors (Lipinski definition) is 4. The monoisotopic (exact) mass is 294 g/mol. The number of carbonyl (C=O) groups excluding carboxylic acids is 1. The Morgan fingerprint density at radius 3 is 2.76 bits per heavy atom. The maximum Gasteiger partial charge on any atom is 0.339 e. The highest BCUT2D eigenvalue weighted by Crippen LogP contribution is 2.29. The van der Waals surface area contributed by atoms with Crippen molar-refractivity contribution in [2.24, 2.45) is 5.92 Å². The highest BCUT2D eigenvalue weighted by molar-refractivity contribution is 5.97. The van der Waals surface area contributed by atoms with Crippen LogP contribution < -0.4 is 5.32 Å². The summed E-state index contributed by atoms with van der Waals surface area (Å²) in [5.41, 5.74) is -0.238. The van der Waals surface area contributed by atoms with E-state index in [9.17, 15) is 19.8 Å². The van der Waals surface area contributed by atoms with E-state index < -0.39 is 17.7 Å². The Morgan fingerprint density at radius 1 is 1.43 bits per heavy atom. The number of hydrogen-bond acceptors (Lipinski definition) is 4.